The fourth-order valence-corrected chi connectivity index (χ4v) is 1.99. The maximum Gasteiger partial charge on any atom is 0.124 e. The minimum Gasteiger partial charge on any atom is -0.382 e. The molecule has 0 amide bonds. The second-order valence-electron chi connectivity index (χ2n) is 4.64. The average Bonchev–Trinajstić information content (AvgIpc) is 2.19. The van der Waals surface area contributed by atoms with E-state index in [1.165, 1.54) is 18.6 Å². The van der Waals surface area contributed by atoms with Crippen molar-refractivity contribution < 1.29 is 4.39 Å². The van der Waals surface area contributed by atoms with Crippen LogP contribution < -0.4 is 5.32 Å². The van der Waals surface area contributed by atoms with Crippen LogP contribution in [0.25, 0.3) is 0 Å². The molecule has 3 heteroatoms. The Morgan fingerprint density at radius 1 is 1.25 bits per heavy atom. The van der Waals surface area contributed by atoms with Gasteiger partial charge in [0.05, 0.1) is 0 Å². The van der Waals surface area contributed by atoms with Crippen LogP contribution in [-0.2, 0) is 0 Å². The number of nitrogens with one attached hydrogen (secondary N) is 1. The van der Waals surface area contributed by atoms with Gasteiger partial charge in [0.25, 0.3) is 0 Å². The van der Waals surface area contributed by atoms with Crippen molar-refractivity contribution in [1.82, 2.24) is 0 Å². The van der Waals surface area contributed by atoms with Crippen molar-refractivity contribution in [2.75, 3.05) is 5.32 Å². The molecule has 90 valence electrons. The molecule has 16 heavy (non-hydrogen) atoms. The Labute approximate surface area is 106 Å². The van der Waals surface area contributed by atoms with Gasteiger partial charge in [-0.05, 0) is 59.8 Å². The Hall–Kier alpha value is -0.570. The predicted molar refractivity (Wildman–Crippen MR) is 71.3 cm³/mol. The lowest BCUT2D eigenvalue weighted by Gasteiger charge is -2.17. The molecule has 0 saturated heterocycles. The van der Waals surface area contributed by atoms with E-state index in [1.54, 1.807) is 6.07 Å². The molecule has 1 atom stereocenters. The van der Waals surface area contributed by atoms with Crippen LogP contribution in [-0.4, -0.2) is 6.04 Å². The van der Waals surface area contributed by atoms with Crippen LogP contribution in [0.3, 0.4) is 0 Å². The van der Waals surface area contributed by atoms with Gasteiger partial charge in [0, 0.05) is 16.2 Å². The van der Waals surface area contributed by atoms with Gasteiger partial charge < -0.3 is 5.32 Å². The summed E-state index contributed by atoms with van der Waals surface area (Å²) in [6.07, 6.45) is 2.33. The van der Waals surface area contributed by atoms with E-state index in [4.69, 9.17) is 0 Å². The highest BCUT2D eigenvalue weighted by atomic mass is 79.9. The van der Waals surface area contributed by atoms with Crippen molar-refractivity contribution in [3.05, 3.63) is 28.5 Å². The van der Waals surface area contributed by atoms with Gasteiger partial charge in [-0.1, -0.05) is 13.8 Å². The van der Waals surface area contributed by atoms with Crippen molar-refractivity contribution in [1.29, 1.82) is 0 Å². The Morgan fingerprint density at radius 2 is 1.94 bits per heavy atom. The maximum atomic E-state index is 12.9. The summed E-state index contributed by atoms with van der Waals surface area (Å²) in [5, 5.41) is 3.38. The summed E-state index contributed by atoms with van der Waals surface area (Å²) < 4.78 is 13.7. The van der Waals surface area contributed by atoms with Crippen LogP contribution in [0.1, 0.15) is 33.6 Å². The number of rotatable bonds is 5. The lowest BCUT2D eigenvalue weighted by molar-refractivity contribution is 0.527. The van der Waals surface area contributed by atoms with Gasteiger partial charge in [-0.15, -0.1) is 0 Å². The van der Waals surface area contributed by atoms with Crippen LogP contribution in [0.2, 0.25) is 0 Å². The monoisotopic (exact) mass is 287 g/mol. The zero-order chi connectivity index (χ0) is 12.1. The summed E-state index contributed by atoms with van der Waals surface area (Å²) in [6.45, 7) is 6.60. The zero-order valence-corrected chi connectivity index (χ0v) is 11.6. The third-order valence-electron chi connectivity index (χ3n) is 2.51. The molecule has 1 aromatic carbocycles. The van der Waals surface area contributed by atoms with Crippen molar-refractivity contribution in [2.45, 2.75) is 39.7 Å². The summed E-state index contributed by atoms with van der Waals surface area (Å²) >= 11 is 3.35. The van der Waals surface area contributed by atoms with Gasteiger partial charge in [-0.25, -0.2) is 4.39 Å². The largest absolute Gasteiger partial charge is 0.382 e. The normalized spacial score (nSPS) is 12.9. The van der Waals surface area contributed by atoms with Gasteiger partial charge in [0.1, 0.15) is 5.82 Å². The van der Waals surface area contributed by atoms with E-state index in [9.17, 15) is 4.39 Å². The molecule has 0 aliphatic heterocycles. The minimum absolute atomic E-state index is 0.216. The van der Waals surface area contributed by atoms with E-state index >= 15 is 0 Å². The van der Waals surface area contributed by atoms with E-state index in [0.29, 0.717) is 6.04 Å². The van der Waals surface area contributed by atoms with Gasteiger partial charge in [0.15, 0.2) is 0 Å². The first-order valence-electron chi connectivity index (χ1n) is 5.70. The summed E-state index contributed by atoms with van der Waals surface area (Å²) in [5.41, 5.74) is 0.956. The highest BCUT2D eigenvalue weighted by Gasteiger charge is 2.06. The van der Waals surface area contributed by atoms with Crippen LogP contribution in [0.4, 0.5) is 10.1 Å². The van der Waals surface area contributed by atoms with Crippen molar-refractivity contribution in [3.8, 4) is 0 Å². The number of halogens is 2. The molecule has 0 bridgehead atoms. The molecule has 0 aliphatic carbocycles. The molecule has 1 aromatic rings. The molecule has 0 radical (unpaired) electrons. The van der Waals surface area contributed by atoms with Crippen LogP contribution in [0, 0.1) is 11.7 Å². The van der Waals surface area contributed by atoms with E-state index in [1.807, 2.05) is 0 Å². The van der Waals surface area contributed by atoms with E-state index in [2.05, 4.69) is 42.0 Å². The SMILES string of the molecule is CC(C)CCC(C)Nc1ccc(F)cc1Br. The Kier molecular flexibility index (Phi) is 5.26. The molecule has 1 nitrogen and oxygen atoms in total. The number of anilines is 1. The Balaban J connectivity index is 2.52. The first kappa shape index (κ1) is 13.5. The highest BCUT2D eigenvalue weighted by Crippen LogP contribution is 2.24. The van der Waals surface area contributed by atoms with Crippen LogP contribution in [0.15, 0.2) is 22.7 Å². The van der Waals surface area contributed by atoms with Crippen molar-refractivity contribution in [3.63, 3.8) is 0 Å². The molecule has 0 heterocycles. The van der Waals surface area contributed by atoms with Crippen LogP contribution in [0.5, 0.6) is 0 Å². The molecular formula is C13H19BrFN. The van der Waals surface area contributed by atoms with Gasteiger partial charge in [-0.2, -0.15) is 0 Å². The molecule has 1 unspecified atom stereocenters. The molecular weight excluding hydrogens is 269 g/mol. The molecule has 1 rings (SSSR count). The fourth-order valence-electron chi connectivity index (χ4n) is 1.53. The van der Waals surface area contributed by atoms with E-state index < -0.39 is 0 Å². The molecule has 0 spiro atoms. The molecule has 0 aliphatic rings. The smallest absolute Gasteiger partial charge is 0.124 e. The van der Waals surface area contributed by atoms with E-state index in [-0.39, 0.29) is 5.82 Å². The van der Waals surface area contributed by atoms with Gasteiger partial charge in [0.2, 0.25) is 0 Å². The lowest BCUT2D eigenvalue weighted by Crippen LogP contribution is -2.16. The lowest BCUT2D eigenvalue weighted by atomic mass is 10.0. The highest BCUT2D eigenvalue weighted by molar-refractivity contribution is 9.10. The maximum absolute atomic E-state index is 12.9. The minimum atomic E-state index is -0.216. The second kappa shape index (κ2) is 6.24. The third kappa shape index (κ3) is 4.52. The molecule has 0 aromatic heterocycles. The average molecular weight is 288 g/mol. The first-order chi connectivity index (χ1) is 7.49. The molecule has 1 N–H and O–H groups in total. The molecule has 0 saturated carbocycles. The summed E-state index contributed by atoms with van der Waals surface area (Å²) in [7, 11) is 0. The summed E-state index contributed by atoms with van der Waals surface area (Å²) in [6, 6.07) is 5.13. The number of hydrogen-bond donors (Lipinski definition) is 1. The quantitative estimate of drug-likeness (QED) is 0.818. The summed E-state index contributed by atoms with van der Waals surface area (Å²) in [4.78, 5) is 0. The third-order valence-corrected chi connectivity index (χ3v) is 3.17. The van der Waals surface area contributed by atoms with E-state index in [0.717, 1.165) is 22.5 Å². The van der Waals surface area contributed by atoms with Gasteiger partial charge in [-0.3, -0.25) is 0 Å². The second-order valence-corrected chi connectivity index (χ2v) is 5.50. The van der Waals surface area contributed by atoms with Crippen molar-refractivity contribution >= 4 is 21.6 Å². The molecule has 0 fully saturated rings. The number of hydrogen-bond acceptors (Lipinski definition) is 1. The standard InChI is InChI=1S/C13H19BrFN/c1-9(2)4-5-10(3)16-13-7-6-11(15)8-12(13)14/h6-10,16H,4-5H2,1-3H3. The summed E-state index contributed by atoms with van der Waals surface area (Å²) in [5.74, 6) is 0.508. The van der Waals surface area contributed by atoms with Gasteiger partial charge >= 0.3 is 0 Å². The van der Waals surface area contributed by atoms with Crippen molar-refractivity contribution in [2.24, 2.45) is 5.92 Å². The Morgan fingerprint density at radius 3 is 2.50 bits per heavy atom. The van der Waals surface area contributed by atoms with Crippen LogP contribution >= 0.6 is 15.9 Å². The zero-order valence-electron chi connectivity index (χ0n) is 10.1. The Bertz CT molecular complexity index is 339. The number of benzene rings is 1. The predicted octanol–water partition coefficient (Wildman–Crippen LogP) is 4.82. The first-order valence-corrected chi connectivity index (χ1v) is 6.50. The topological polar surface area (TPSA) is 12.0 Å². The fraction of sp³-hybridized carbons (Fsp3) is 0.538.